The fourth-order valence-corrected chi connectivity index (χ4v) is 3.79. The van der Waals surface area contributed by atoms with Crippen LogP contribution in [0.2, 0.25) is 0 Å². The van der Waals surface area contributed by atoms with Crippen LogP contribution in [0, 0.1) is 5.82 Å². The van der Waals surface area contributed by atoms with E-state index in [0.717, 1.165) is 12.0 Å². The Morgan fingerprint density at radius 1 is 1.03 bits per heavy atom. The molecule has 4 rings (SSSR count). The lowest BCUT2D eigenvalue weighted by atomic mass is 10.1. The van der Waals surface area contributed by atoms with Gasteiger partial charge in [0, 0.05) is 12.5 Å². The summed E-state index contributed by atoms with van der Waals surface area (Å²) < 4.78 is 31.2. The summed E-state index contributed by atoms with van der Waals surface area (Å²) in [5, 5.41) is 12.6. The van der Waals surface area contributed by atoms with Gasteiger partial charge in [-0.1, -0.05) is 37.3 Å². The van der Waals surface area contributed by atoms with Gasteiger partial charge in [0.05, 0.1) is 0 Å². The molecule has 0 radical (unpaired) electrons. The Morgan fingerprint density at radius 3 is 2.61 bits per heavy atom. The summed E-state index contributed by atoms with van der Waals surface area (Å²) >= 11 is 0. The summed E-state index contributed by atoms with van der Waals surface area (Å²) in [6.07, 6.45) is 0.414. The monoisotopic (exact) mass is 492 g/mol. The third kappa shape index (κ3) is 6.82. The highest BCUT2D eigenvalue weighted by Crippen LogP contribution is 2.27. The minimum atomic E-state index is -0.971. The largest absolute Gasteiger partial charge is 0.481 e. The van der Waals surface area contributed by atoms with E-state index in [4.69, 9.17) is 13.9 Å². The summed E-state index contributed by atoms with van der Waals surface area (Å²) in [6.45, 7) is 3.12. The first-order valence-electron chi connectivity index (χ1n) is 12.0. The van der Waals surface area contributed by atoms with E-state index in [1.54, 1.807) is 19.1 Å². The van der Waals surface area contributed by atoms with Crippen molar-refractivity contribution >= 4 is 17.1 Å². The predicted octanol–water partition coefficient (Wildman–Crippen LogP) is 5.55. The summed E-state index contributed by atoms with van der Waals surface area (Å²) in [5.41, 5.74) is 2.00. The molecule has 0 saturated carbocycles. The molecule has 0 aliphatic carbocycles. The Bertz CT molecular complexity index is 1280. The van der Waals surface area contributed by atoms with E-state index in [9.17, 15) is 14.3 Å². The molecular weight excluding hydrogens is 463 g/mol. The number of carboxylic acids is 1. The van der Waals surface area contributed by atoms with Crippen molar-refractivity contribution in [3.05, 3.63) is 90.1 Å². The lowest BCUT2D eigenvalue weighted by Crippen LogP contribution is -2.26. The first-order valence-corrected chi connectivity index (χ1v) is 12.0. The number of carbonyl (C=O) groups is 1. The Morgan fingerprint density at radius 2 is 1.83 bits per heavy atom. The van der Waals surface area contributed by atoms with Crippen LogP contribution in [0.1, 0.15) is 37.3 Å². The van der Waals surface area contributed by atoms with Gasteiger partial charge in [-0.25, -0.2) is 14.2 Å². The van der Waals surface area contributed by atoms with E-state index < -0.39 is 18.2 Å². The zero-order valence-corrected chi connectivity index (χ0v) is 20.0. The molecule has 0 saturated heterocycles. The second kappa shape index (κ2) is 12.2. The van der Waals surface area contributed by atoms with E-state index in [2.05, 4.69) is 10.3 Å². The van der Waals surface area contributed by atoms with E-state index in [0.29, 0.717) is 54.4 Å². The number of fused-ring (bicyclic) bond motifs is 1. The number of nitrogens with one attached hydrogen (secondary N) is 1. The normalized spacial score (nSPS) is 12.8. The van der Waals surface area contributed by atoms with Crippen LogP contribution in [-0.2, 0) is 11.2 Å². The van der Waals surface area contributed by atoms with Gasteiger partial charge in [-0.05, 0) is 67.9 Å². The third-order valence-electron chi connectivity index (χ3n) is 5.66. The number of oxazole rings is 1. The van der Waals surface area contributed by atoms with Crippen LogP contribution in [0.25, 0.3) is 11.1 Å². The van der Waals surface area contributed by atoms with E-state index in [1.165, 1.54) is 12.1 Å². The average Bonchev–Trinajstić information content (AvgIpc) is 3.30. The topological polar surface area (TPSA) is 93.8 Å². The van der Waals surface area contributed by atoms with Gasteiger partial charge >= 0.3 is 5.97 Å². The van der Waals surface area contributed by atoms with Crippen molar-refractivity contribution in [2.45, 2.75) is 38.4 Å². The molecular formula is C28H29FN2O5. The molecule has 2 unspecified atom stereocenters. The van der Waals surface area contributed by atoms with Crippen molar-refractivity contribution in [3.8, 4) is 11.5 Å². The van der Waals surface area contributed by atoms with Gasteiger partial charge in [0.2, 0.25) is 5.89 Å². The first-order chi connectivity index (χ1) is 17.5. The molecule has 0 amide bonds. The number of ether oxygens (including phenoxy) is 2. The summed E-state index contributed by atoms with van der Waals surface area (Å²) in [6, 6.07) is 21.2. The third-order valence-corrected chi connectivity index (χ3v) is 5.66. The van der Waals surface area contributed by atoms with Crippen molar-refractivity contribution in [2.75, 3.05) is 13.1 Å². The number of para-hydroxylation sites is 1. The Labute approximate surface area is 208 Å². The number of aromatic nitrogens is 1. The molecule has 2 N–H and O–H groups in total. The van der Waals surface area contributed by atoms with Crippen molar-refractivity contribution in [1.82, 2.24) is 10.3 Å². The second-order valence-electron chi connectivity index (χ2n) is 8.37. The fourth-order valence-electron chi connectivity index (χ4n) is 3.79. The maximum Gasteiger partial charge on any atom is 0.344 e. The summed E-state index contributed by atoms with van der Waals surface area (Å²) in [5.74, 6) is 0.299. The average molecular weight is 493 g/mol. The van der Waals surface area contributed by atoms with Crippen LogP contribution in [0.3, 0.4) is 0 Å². The van der Waals surface area contributed by atoms with Crippen LogP contribution in [0.4, 0.5) is 4.39 Å². The Kier molecular flexibility index (Phi) is 8.52. The predicted molar refractivity (Wildman–Crippen MR) is 134 cm³/mol. The zero-order chi connectivity index (χ0) is 25.3. The van der Waals surface area contributed by atoms with Crippen molar-refractivity contribution in [1.29, 1.82) is 0 Å². The quantitative estimate of drug-likeness (QED) is 0.236. The molecule has 0 aliphatic heterocycles. The lowest BCUT2D eigenvalue weighted by Gasteiger charge is -2.17. The molecule has 2 atom stereocenters. The van der Waals surface area contributed by atoms with Crippen LogP contribution >= 0.6 is 0 Å². The van der Waals surface area contributed by atoms with Gasteiger partial charge in [-0.2, -0.15) is 0 Å². The molecule has 1 aromatic heterocycles. The molecule has 8 heteroatoms. The van der Waals surface area contributed by atoms with Crippen molar-refractivity contribution in [3.63, 3.8) is 0 Å². The minimum absolute atomic E-state index is 0.368. The zero-order valence-electron chi connectivity index (χ0n) is 20.0. The smallest absolute Gasteiger partial charge is 0.344 e. The number of rotatable bonds is 13. The molecule has 7 nitrogen and oxygen atoms in total. The number of halogens is 1. The number of aliphatic carboxylic acids is 1. The maximum atomic E-state index is 13.6. The molecule has 4 aromatic rings. The number of hydrogen-bond acceptors (Lipinski definition) is 6. The van der Waals surface area contributed by atoms with E-state index >= 15 is 0 Å². The molecule has 36 heavy (non-hydrogen) atoms. The number of carboxylic acid groups (broad SMARTS) is 1. The van der Waals surface area contributed by atoms with Gasteiger partial charge in [0.15, 0.2) is 17.8 Å². The van der Waals surface area contributed by atoms with Gasteiger partial charge in [0.25, 0.3) is 0 Å². The van der Waals surface area contributed by atoms with Gasteiger partial charge < -0.3 is 24.3 Å². The standard InChI is InChI=1S/C28H29FN2O5/c1-2-24(28(32)33)35-22-10-6-7-19(17-22)13-15-30-16-14-26(34-21-8-4-3-5-9-21)27-31-23-18-20(29)11-12-25(23)36-27/h3-12,17-18,24,26,30H,2,13-16H2,1H3,(H,32,33). The molecule has 1 heterocycles. The summed E-state index contributed by atoms with van der Waals surface area (Å²) in [7, 11) is 0. The molecule has 188 valence electrons. The maximum absolute atomic E-state index is 13.6. The number of hydrogen-bond donors (Lipinski definition) is 2. The SMILES string of the molecule is CCC(Oc1cccc(CCNCCC(Oc2ccccc2)c2nc3cc(F)ccc3o2)c1)C(=O)O. The van der Waals surface area contributed by atoms with Gasteiger partial charge in [-0.15, -0.1) is 0 Å². The highest BCUT2D eigenvalue weighted by Gasteiger charge is 2.21. The molecule has 0 bridgehead atoms. The molecule has 3 aromatic carbocycles. The molecule has 0 aliphatic rings. The van der Waals surface area contributed by atoms with Crippen LogP contribution < -0.4 is 14.8 Å². The molecule has 0 fully saturated rings. The fraction of sp³-hybridized carbons (Fsp3) is 0.286. The van der Waals surface area contributed by atoms with Gasteiger partial charge in [0.1, 0.15) is 22.8 Å². The Hall–Kier alpha value is -3.91. The van der Waals surface area contributed by atoms with Gasteiger partial charge in [-0.3, -0.25) is 0 Å². The first kappa shape index (κ1) is 25.2. The lowest BCUT2D eigenvalue weighted by molar-refractivity contribution is -0.145. The van der Waals surface area contributed by atoms with Crippen molar-refractivity contribution < 1.29 is 28.2 Å². The van der Waals surface area contributed by atoms with Crippen LogP contribution in [0.15, 0.2) is 77.2 Å². The summed E-state index contributed by atoms with van der Waals surface area (Å²) in [4.78, 5) is 15.7. The van der Waals surface area contributed by atoms with Crippen LogP contribution in [0.5, 0.6) is 11.5 Å². The number of benzene rings is 3. The molecule has 0 spiro atoms. The van der Waals surface area contributed by atoms with Crippen LogP contribution in [-0.4, -0.2) is 35.3 Å². The van der Waals surface area contributed by atoms with Crippen molar-refractivity contribution in [2.24, 2.45) is 0 Å². The second-order valence-corrected chi connectivity index (χ2v) is 8.37. The highest BCUT2D eigenvalue weighted by atomic mass is 19.1. The number of nitrogens with zero attached hydrogens (tertiary/aromatic N) is 1. The Balaban J connectivity index is 1.34. The van der Waals surface area contributed by atoms with E-state index in [1.807, 2.05) is 48.5 Å². The van der Waals surface area contributed by atoms with E-state index in [-0.39, 0.29) is 5.82 Å². The minimum Gasteiger partial charge on any atom is -0.481 e. The highest BCUT2D eigenvalue weighted by molar-refractivity contribution is 5.73.